The van der Waals surface area contributed by atoms with Gasteiger partial charge in [0.1, 0.15) is 5.58 Å². The average Bonchev–Trinajstić information content (AvgIpc) is 3.39. The number of hydrogen-bond acceptors (Lipinski definition) is 4. The molecule has 0 aliphatic carbocycles. The van der Waals surface area contributed by atoms with Crippen molar-refractivity contribution in [3.05, 3.63) is 83.5 Å². The molecule has 0 bridgehead atoms. The fourth-order valence-corrected chi connectivity index (χ4v) is 3.26. The van der Waals surface area contributed by atoms with E-state index in [1.165, 1.54) is 30.7 Å². The smallest absolute Gasteiger partial charge is 0.418 e. The fourth-order valence-electron chi connectivity index (χ4n) is 3.26. The molecule has 0 atom stereocenters. The number of alkyl halides is 3. The standard InChI is InChI=1S/C23H17F3N2O4/c1-13-4-6-16-14(12-32-20(16)9-13)10-21(29)28-18-7-5-15(11-17(18)23(24,25)26)27-22(30)19-3-2-8-31-19/h2-9,11-12H,10H2,1H3,(H,27,30)(H,28,29). The van der Waals surface area contributed by atoms with Crippen LogP contribution in [-0.2, 0) is 17.4 Å². The number of carbonyl (C=O) groups is 2. The van der Waals surface area contributed by atoms with Crippen molar-refractivity contribution in [3.8, 4) is 0 Å². The number of nitrogens with one attached hydrogen (secondary N) is 2. The monoisotopic (exact) mass is 442 g/mol. The minimum Gasteiger partial charge on any atom is -0.464 e. The summed E-state index contributed by atoms with van der Waals surface area (Å²) in [5.74, 6) is -1.37. The molecule has 2 heterocycles. The van der Waals surface area contributed by atoms with Gasteiger partial charge in [-0.25, -0.2) is 0 Å². The quantitative estimate of drug-likeness (QED) is 0.410. The fraction of sp³-hybridized carbons (Fsp3) is 0.130. The molecule has 2 aromatic carbocycles. The molecular weight excluding hydrogens is 425 g/mol. The van der Waals surface area contributed by atoms with Crippen LogP contribution in [0.15, 0.2) is 69.9 Å². The Morgan fingerprint density at radius 1 is 1.00 bits per heavy atom. The van der Waals surface area contributed by atoms with E-state index in [4.69, 9.17) is 8.83 Å². The van der Waals surface area contributed by atoms with Gasteiger partial charge in [-0.15, -0.1) is 0 Å². The second kappa shape index (κ2) is 8.26. The molecule has 9 heteroatoms. The zero-order valence-electron chi connectivity index (χ0n) is 16.7. The van der Waals surface area contributed by atoms with Crippen molar-refractivity contribution in [3.63, 3.8) is 0 Å². The van der Waals surface area contributed by atoms with E-state index < -0.39 is 29.2 Å². The summed E-state index contributed by atoms with van der Waals surface area (Å²) in [6.45, 7) is 1.90. The Balaban J connectivity index is 1.54. The zero-order chi connectivity index (χ0) is 22.9. The summed E-state index contributed by atoms with van der Waals surface area (Å²) in [4.78, 5) is 24.5. The lowest BCUT2D eigenvalue weighted by atomic mass is 10.1. The van der Waals surface area contributed by atoms with E-state index in [0.29, 0.717) is 11.1 Å². The lowest BCUT2D eigenvalue weighted by molar-refractivity contribution is -0.136. The van der Waals surface area contributed by atoms with Gasteiger partial charge in [0, 0.05) is 16.6 Å². The van der Waals surface area contributed by atoms with E-state index in [2.05, 4.69) is 10.6 Å². The van der Waals surface area contributed by atoms with Gasteiger partial charge in [0.2, 0.25) is 5.91 Å². The number of aryl methyl sites for hydroxylation is 1. The molecule has 0 aliphatic heterocycles. The van der Waals surface area contributed by atoms with E-state index in [1.54, 1.807) is 6.07 Å². The van der Waals surface area contributed by atoms with Gasteiger partial charge in [-0.05, 0) is 48.9 Å². The lowest BCUT2D eigenvalue weighted by Crippen LogP contribution is -2.19. The average molecular weight is 442 g/mol. The van der Waals surface area contributed by atoms with E-state index in [1.807, 2.05) is 19.1 Å². The summed E-state index contributed by atoms with van der Waals surface area (Å²) in [5, 5.41) is 5.37. The molecule has 0 spiro atoms. The van der Waals surface area contributed by atoms with Gasteiger partial charge >= 0.3 is 6.18 Å². The van der Waals surface area contributed by atoms with Crippen LogP contribution in [0.2, 0.25) is 0 Å². The van der Waals surface area contributed by atoms with Gasteiger partial charge in [-0.3, -0.25) is 9.59 Å². The maximum Gasteiger partial charge on any atom is 0.418 e. The second-order valence-electron chi connectivity index (χ2n) is 7.18. The molecule has 0 unspecified atom stereocenters. The molecule has 0 fully saturated rings. The Bertz CT molecular complexity index is 1290. The van der Waals surface area contributed by atoms with Crippen LogP contribution < -0.4 is 10.6 Å². The first kappa shape index (κ1) is 21.2. The molecule has 0 aliphatic rings. The van der Waals surface area contributed by atoms with E-state index in [-0.39, 0.29) is 17.9 Å². The summed E-state index contributed by atoms with van der Waals surface area (Å²) >= 11 is 0. The molecule has 2 N–H and O–H groups in total. The maximum absolute atomic E-state index is 13.6. The van der Waals surface area contributed by atoms with Crippen LogP contribution in [0.5, 0.6) is 0 Å². The first-order chi connectivity index (χ1) is 15.2. The van der Waals surface area contributed by atoms with Crippen molar-refractivity contribution in [2.75, 3.05) is 10.6 Å². The van der Waals surface area contributed by atoms with Crippen LogP contribution in [0.1, 0.15) is 27.2 Å². The summed E-state index contributed by atoms with van der Waals surface area (Å²) in [5.41, 5.74) is 0.552. The Kier molecular flexibility index (Phi) is 5.48. The van der Waals surface area contributed by atoms with Crippen molar-refractivity contribution < 1.29 is 31.6 Å². The third-order valence-corrected chi connectivity index (χ3v) is 4.76. The number of carbonyl (C=O) groups excluding carboxylic acids is 2. The number of halogens is 3. The minimum absolute atomic E-state index is 0.0431. The predicted molar refractivity (Wildman–Crippen MR) is 111 cm³/mol. The van der Waals surface area contributed by atoms with E-state index in [9.17, 15) is 22.8 Å². The topological polar surface area (TPSA) is 84.5 Å². The third-order valence-electron chi connectivity index (χ3n) is 4.76. The Morgan fingerprint density at radius 2 is 1.81 bits per heavy atom. The molecule has 0 saturated heterocycles. The summed E-state index contributed by atoms with van der Waals surface area (Å²) in [6.07, 6.45) is -2.22. The normalized spacial score (nSPS) is 11.5. The van der Waals surface area contributed by atoms with Gasteiger partial charge in [-0.1, -0.05) is 12.1 Å². The van der Waals surface area contributed by atoms with Crippen molar-refractivity contribution in [2.24, 2.45) is 0 Å². The van der Waals surface area contributed by atoms with Gasteiger partial charge in [0.25, 0.3) is 5.91 Å². The van der Waals surface area contributed by atoms with Crippen molar-refractivity contribution >= 4 is 34.2 Å². The van der Waals surface area contributed by atoms with Crippen LogP contribution >= 0.6 is 0 Å². The highest BCUT2D eigenvalue weighted by atomic mass is 19.4. The van der Waals surface area contributed by atoms with Crippen LogP contribution in [0.4, 0.5) is 24.5 Å². The second-order valence-corrected chi connectivity index (χ2v) is 7.18. The lowest BCUT2D eigenvalue weighted by Gasteiger charge is -2.15. The van der Waals surface area contributed by atoms with E-state index in [0.717, 1.165) is 23.1 Å². The van der Waals surface area contributed by atoms with Crippen molar-refractivity contribution in [2.45, 2.75) is 19.5 Å². The number of benzene rings is 2. The number of furan rings is 2. The van der Waals surface area contributed by atoms with E-state index >= 15 is 0 Å². The van der Waals surface area contributed by atoms with Gasteiger partial charge < -0.3 is 19.5 Å². The Labute approximate surface area is 180 Å². The number of hydrogen-bond donors (Lipinski definition) is 2. The highest BCUT2D eigenvalue weighted by Crippen LogP contribution is 2.37. The van der Waals surface area contributed by atoms with Crippen molar-refractivity contribution in [1.82, 2.24) is 0 Å². The molecule has 2 aromatic heterocycles. The number of rotatable bonds is 5. The number of anilines is 2. The molecular formula is C23H17F3N2O4. The first-order valence-corrected chi connectivity index (χ1v) is 9.53. The van der Waals surface area contributed by atoms with Crippen LogP contribution in [-0.4, -0.2) is 11.8 Å². The van der Waals surface area contributed by atoms with Crippen molar-refractivity contribution in [1.29, 1.82) is 0 Å². The molecule has 4 aromatic rings. The third kappa shape index (κ3) is 4.51. The zero-order valence-corrected chi connectivity index (χ0v) is 16.7. The summed E-state index contributed by atoms with van der Waals surface area (Å²) in [7, 11) is 0. The maximum atomic E-state index is 13.6. The van der Waals surface area contributed by atoms with Crippen LogP contribution in [0, 0.1) is 6.92 Å². The van der Waals surface area contributed by atoms with Crippen LogP contribution in [0.25, 0.3) is 11.0 Å². The molecule has 0 radical (unpaired) electrons. The summed E-state index contributed by atoms with van der Waals surface area (Å²) < 4.78 is 51.2. The summed E-state index contributed by atoms with van der Waals surface area (Å²) in [6, 6.07) is 11.5. The number of amides is 2. The Morgan fingerprint density at radius 3 is 2.53 bits per heavy atom. The van der Waals surface area contributed by atoms with Gasteiger partial charge in [0.15, 0.2) is 5.76 Å². The molecule has 0 saturated carbocycles. The largest absolute Gasteiger partial charge is 0.464 e. The van der Waals surface area contributed by atoms with Crippen LogP contribution in [0.3, 0.4) is 0 Å². The molecule has 32 heavy (non-hydrogen) atoms. The molecule has 4 rings (SSSR count). The highest BCUT2D eigenvalue weighted by Gasteiger charge is 2.34. The predicted octanol–water partition coefficient (Wildman–Crippen LogP) is 5.79. The van der Waals surface area contributed by atoms with Gasteiger partial charge in [0.05, 0.1) is 30.2 Å². The molecule has 164 valence electrons. The first-order valence-electron chi connectivity index (χ1n) is 9.53. The number of fused-ring (bicyclic) bond motifs is 1. The molecule has 6 nitrogen and oxygen atoms in total. The minimum atomic E-state index is -4.76. The molecule has 2 amide bonds. The SMILES string of the molecule is Cc1ccc2c(CC(=O)Nc3ccc(NC(=O)c4ccco4)cc3C(F)(F)F)coc2c1. The highest BCUT2D eigenvalue weighted by molar-refractivity contribution is 6.02. The van der Waals surface area contributed by atoms with Gasteiger partial charge in [-0.2, -0.15) is 13.2 Å². The Hall–Kier alpha value is -4.01.